The third-order valence-electron chi connectivity index (χ3n) is 2.10. The first-order valence-electron chi connectivity index (χ1n) is 5.13. The van der Waals surface area contributed by atoms with Gasteiger partial charge in [-0.1, -0.05) is 23.2 Å². The van der Waals surface area contributed by atoms with E-state index in [-0.39, 0.29) is 34.2 Å². The number of carbonyl (C=O) groups excluding carboxylic acids is 2. The quantitative estimate of drug-likeness (QED) is 0.681. The van der Waals surface area contributed by atoms with Gasteiger partial charge in [-0.3, -0.25) is 9.59 Å². The summed E-state index contributed by atoms with van der Waals surface area (Å²) in [6.45, 7) is 1.69. The lowest BCUT2D eigenvalue weighted by atomic mass is 10.2. The van der Waals surface area contributed by atoms with Crippen LogP contribution in [0.5, 0.6) is 0 Å². The van der Waals surface area contributed by atoms with Crippen molar-refractivity contribution in [2.45, 2.75) is 19.4 Å². The van der Waals surface area contributed by atoms with Crippen LogP contribution in [0.4, 0.5) is 0 Å². The first-order valence-corrected chi connectivity index (χ1v) is 5.88. The van der Waals surface area contributed by atoms with E-state index < -0.39 is 5.97 Å². The molecule has 1 N–H and O–H groups in total. The molecule has 0 aliphatic rings. The Labute approximate surface area is 114 Å². The predicted molar refractivity (Wildman–Crippen MR) is 67.8 cm³/mol. The van der Waals surface area contributed by atoms with Crippen molar-refractivity contribution in [1.82, 2.24) is 10.3 Å². The molecular weight excluding hydrogens is 279 g/mol. The zero-order valence-electron chi connectivity index (χ0n) is 9.87. The van der Waals surface area contributed by atoms with Crippen molar-refractivity contribution in [1.29, 1.82) is 0 Å². The molecule has 5 nitrogen and oxygen atoms in total. The molecule has 1 amide bonds. The van der Waals surface area contributed by atoms with Gasteiger partial charge in [0.1, 0.15) is 10.3 Å². The van der Waals surface area contributed by atoms with E-state index in [1.807, 2.05) is 0 Å². The second kappa shape index (κ2) is 6.56. The third kappa shape index (κ3) is 4.50. The largest absolute Gasteiger partial charge is 0.469 e. The van der Waals surface area contributed by atoms with Crippen molar-refractivity contribution < 1.29 is 14.3 Å². The summed E-state index contributed by atoms with van der Waals surface area (Å²) < 4.78 is 4.50. The molecule has 1 aromatic rings. The number of nitrogens with zero attached hydrogens (tertiary/aromatic N) is 1. The maximum Gasteiger partial charge on any atom is 0.307 e. The lowest BCUT2D eigenvalue weighted by Gasteiger charge is -2.12. The Morgan fingerprint density at radius 3 is 2.44 bits per heavy atom. The summed E-state index contributed by atoms with van der Waals surface area (Å²) in [6, 6.07) is 2.44. The number of pyridine rings is 1. The lowest BCUT2D eigenvalue weighted by molar-refractivity contribution is -0.141. The van der Waals surface area contributed by atoms with E-state index in [2.05, 4.69) is 15.0 Å². The van der Waals surface area contributed by atoms with Crippen LogP contribution in [0.3, 0.4) is 0 Å². The number of hydrogen-bond acceptors (Lipinski definition) is 4. The van der Waals surface area contributed by atoms with Gasteiger partial charge < -0.3 is 10.1 Å². The van der Waals surface area contributed by atoms with Crippen LogP contribution in [0.2, 0.25) is 10.3 Å². The zero-order chi connectivity index (χ0) is 13.7. The highest BCUT2D eigenvalue weighted by Gasteiger charge is 2.14. The van der Waals surface area contributed by atoms with E-state index in [1.165, 1.54) is 19.2 Å². The van der Waals surface area contributed by atoms with E-state index >= 15 is 0 Å². The van der Waals surface area contributed by atoms with E-state index in [4.69, 9.17) is 23.2 Å². The number of ether oxygens (including phenoxy) is 1. The summed E-state index contributed by atoms with van der Waals surface area (Å²) in [7, 11) is 1.29. The van der Waals surface area contributed by atoms with Crippen LogP contribution < -0.4 is 5.32 Å². The molecule has 7 heteroatoms. The first kappa shape index (κ1) is 14.7. The fourth-order valence-corrected chi connectivity index (χ4v) is 1.75. The first-order chi connectivity index (χ1) is 8.42. The Kier molecular flexibility index (Phi) is 5.37. The van der Waals surface area contributed by atoms with Crippen molar-refractivity contribution in [3.05, 3.63) is 28.0 Å². The van der Waals surface area contributed by atoms with Crippen molar-refractivity contribution in [3.63, 3.8) is 0 Å². The van der Waals surface area contributed by atoms with E-state index in [0.717, 1.165) is 0 Å². The summed E-state index contributed by atoms with van der Waals surface area (Å²) >= 11 is 11.4. The summed E-state index contributed by atoms with van der Waals surface area (Å²) in [6.07, 6.45) is 0.0921. The molecule has 1 atom stereocenters. The van der Waals surface area contributed by atoms with Crippen LogP contribution in [-0.2, 0) is 9.53 Å². The highest BCUT2D eigenvalue weighted by atomic mass is 35.5. The smallest absolute Gasteiger partial charge is 0.307 e. The van der Waals surface area contributed by atoms with Crippen molar-refractivity contribution in [3.8, 4) is 0 Å². The summed E-state index contributed by atoms with van der Waals surface area (Å²) in [5, 5.41) is 2.90. The summed E-state index contributed by atoms with van der Waals surface area (Å²) in [5.74, 6) is -0.772. The molecule has 0 saturated carbocycles. The van der Waals surface area contributed by atoms with Crippen molar-refractivity contribution in [2.75, 3.05) is 7.11 Å². The van der Waals surface area contributed by atoms with E-state index in [9.17, 15) is 9.59 Å². The number of esters is 1. The van der Waals surface area contributed by atoms with Gasteiger partial charge in [0.25, 0.3) is 5.91 Å². The van der Waals surface area contributed by atoms with Crippen LogP contribution in [0.1, 0.15) is 23.7 Å². The Balaban J connectivity index is 2.67. The molecule has 18 heavy (non-hydrogen) atoms. The van der Waals surface area contributed by atoms with Crippen LogP contribution in [-0.4, -0.2) is 30.0 Å². The lowest BCUT2D eigenvalue weighted by Crippen LogP contribution is -2.34. The van der Waals surface area contributed by atoms with Crippen LogP contribution >= 0.6 is 23.2 Å². The molecule has 1 unspecified atom stereocenters. The normalized spacial score (nSPS) is 11.8. The molecule has 0 radical (unpaired) electrons. The molecule has 98 valence electrons. The van der Waals surface area contributed by atoms with Gasteiger partial charge in [0.2, 0.25) is 0 Å². The Hall–Kier alpha value is -1.33. The van der Waals surface area contributed by atoms with Gasteiger partial charge in [0.15, 0.2) is 0 Å². The van der Waals surface area contributed by atoms with Crippen LogP contribution in [0, 0.1) is 0 Å². The number of halogens is 2. The Morgan fingerprint density at radius 1 is 1.39 bits per heavy atom. The minimum absolute atomic E-state index is 0.0921. The molecule has 0 spiro atoms. The Bertz CT molecular complexity index is 445. The molecule has 1 aromatic heterocycles. The maximum atomic E-state index is 11.8. The zero-order valence-corrected chi connectivity index (χ0v) is 11.4. The molecule has 0 aromatic carbocycles. The van der Waals surface area contributed by atoms with E-state index in [0.29, 0.717) is 0 Å². The topological polar surface area (TPSA) is 68.3 Å². The van der Waals surface area contributed by atoms with Crippen molar-refractivity contribution in [2.24, 2.45) is 0 Å². The minimum atomic E-state index is -0.395. The average molecular weight is 291 g/mol. The van der Waals surface area contributed by atoms with Gasteiger partial charge in [-0.05, 0) is 19.1 Å². The van der Waals surface area contributed by atoms with Gasteiger partial charge in [-0.15, -0.1) is 0 Å². The Morgan fingerprint density at radius 2 is 1.94 bits per heavy atom. The van der Waals surface area contributed by atoms with Gasteiger partial charge >= 0.3 is 5.97 Å². The number of amides is 1. The van der Waals surface area contributed by atoms with Crippen LogP contribution in [0.25, 0.3) is 0 Å². The van der Waals surface area contributed by atoms with Gasteiger partial charge in [0.05, 0.1) is 13.5 Å². The monoisotopic (exact) mass is 290 g/mol. The van der Waals surface area contributed by atoms with Gasteiger partial charge in [-0.2, -0.15) is 0 Å². The highest BCUT2D eigenvalue weighted by Crippen LogP contribution is 2.14. The molecule has 0 bridgehead atoms. The molecule has 0 aliphatic heterocycles. The predicted octanol–water partition coefficient (Wildman–Crippen LogP) is 2.07. The molecule has 1 heterocycles. The fourth-order valence-electron chi connectivity index (χ4n) is 1.29. The van der Waals surface area contributed by atoms with Crippen molar-refractivity contribution >= 4 is 35.1 Å². The average Bonchev–Trinajstić information content (AvgIpc) is 2.27. The second-order valence-electron chi connectivity index (χ2n) is 3.66. The maximum absolute atomic E-state index is 11.8. The third-order valence-corrected chi connectivity index (χ3v) is 2.49. The summed E-state index contributed by atoms with van der Waals surface area (Å²) in [5.41, 5.74) is 0.289. The van der Waals surface area contributed by atoms with Crippen LogP contribution in [0.15, 0.2) is 12.1 Å². The standard InChI is InChI=1S/C11H12Cl2N2O3/c1-6(3-10(16)18-2)14-11(17)7-4-8(12)15-9(13)5-7/h4-6H,3H2,1-2H3,(H,14,17). The SMILES string of the molecule is COC(=O)CC(C)NC(=O)c1cc(Cl)nc(Cl)c1. The number of nitrogens with one attached hydrogen (secondary N) is 1. The molecular formula is C11H12Cl2N2O3. The number of carbonyl (C=O) groups is 2. The fraction of sp³-hybridized carbons (Fsp3) is 0.364. The molecule has 0 saturated heterocycles. The molecule has 1 rings (SSSR count). The summed E-state index contributed by atoms with van der Waals surface area (Å²) in [4.78, 5) is 26.6. The molecule has 0 fully saturated rings. The number of methoxy groups -OCH3 is 1. The highest BCUT2D eigenvalue weighted by molar-refractivity contribution is 6.33. The second-order valence-corrected chi connectivity index (χ2v) is 4.43. The number of aromatic nitrogens is 1. The molecule has 0 aliphatic carbocycles. The van der Waals surface area contributed by atoms with Gasteiger partial charge in [0, 0.05) is 11.6 Å². The van der Waals surface area contributed by atoms with Gasteiger partial charge in [-0.25, -0.2) is 4.98 Å². The number of hydrogen-bond donors (Lipinski definition) is 1. The number of rotatable bonds is 4. The minimum Gasteiger partial charge on any atom is -0.469 e. The van der Waals surface area contributed by atoms with E-state index in [1.54, 1.807) is 6.92 Å².